The molecule has 2 aromatic rings. The largest absolute Gasteiger partial charge is 0.295 e. The van der Waals surface area contributed by atoms with E-state index in [4.69, 9.17) is 0 Å². The van der Waals surface area contributed by atoms with Crippen LogP contribution in [0.15, 0.2) is 66.7 Å². The summed E-state index contributed by atoms with van der Waals surface area (Å²) in [6.07, 6.45) is 4.85. The zero-order chi connectivity index (χ0) is 14.0. The van der Waals surface area contributed by atoms with Crippen molar-refractivity contribution in [3.63, 3.8) is 0 Å². The van der Waals surface area contributed by atoms with Crippen LogP contribution in [0.5, 0.6) is 0 Å². The Kier molecular flexibility index (Phi) is 3.23. The molecule has 2 heteroatoms. The number of allylic oxidation sites excluding steroid dienone is 2. The molecule has 0 spiro atoms. The van der Waals surface area contributed by atoms with Gasteiger partial charge in [-0.3, -0.25) is 4.79 Å². The zero-order valence-corrected chi connectivity index (χ0v) is 11.1. The van der Waals surface area contributed by atoms with Crippen LogP contribution in [0.25, 0.3) is 0 Å². The van der Waals surface area contributed by atoms with Gasteiger partial charge < -0.3 is 0 Å². The average Bonchev–Trinajstić information content (AvgIpc) is 2.50. The lowest BCUT2D eigenvalue weighted by atomic mass is 9.68. The molecule has 100 valence electrons. The smallest absolute Gasteiger partial charge is 0.155 e. The van der Waals surface area contributed by atoms with E-state index in [0.717, 1.165) is 17.5 Å². The molecule has 1 nitrogen and oxygen atoms in total. The molecule has 0 amide bonds. The highest BCUT2D eigenvalue weighted by atomic mass is 19.1. The SMILES string of the molecule is O=C1C=CC(c2ccccc2)(c2ccc(F)cc2)CC1. The fourth-order valence-corrected chi connectivity index (χ4v) is 2.85. The van der Waals surface area contributed by atoms with Crippen LogP contribution in [-0.2, 0) is 10.2 Å². The molecule has 1 unspecified atom stereocenters. The summed E-state index contributed by atoms with van der Waals surface area (Å²) in [5.41, 5.74) is 1.83. The van der Waals surface area contributed by atoms with Gasteiger partial charge in [-0.25, -0.2) is 4.39 Å². The Morgan fingerprint density at radius 3 is 2.15 bits per heavy atom. The van der Waals surface area contributed by atoms with Gasteiger partial charge in [0.15, 0.2) is 5.78 Å². The van der Waals surface area contributed by atoms with Crippen molar-refractivity contribution in [2.45, 2.75) is 18.3 Å². The molecule has 0 aliphatic heterocycles. The van der Waals surface area contributed by atoms with Gasteiger partial charge in [-0.1, -0.05) is 48.5 Å². The van der Waals surface area contributed by atoms with Crippen molar-refractivity contribution >= 4 is 5.78 Å². The summed E-state index contributed by atoms with van der Waals surface area (Å²) in [6.45, 7) is 0. The third kappa shape index (κ3) is 2.18. The number of halogens is 1. The van der Waals surface area contributed by atoms with Crippen molar-refractivity contribution in [1.82, 2.24) is 0 Å². The molecule has 0 saturated carbocycles. The van der Waals surface area contributed by atoms with Gasteiger partial charge >= 0.3 is 0 Å². The molecule has 1 aliphatic rings. The van der Waals surface area contributed by atoms with Crippen LogP contribution in [0, 0.1) is 5.82 Å². The molecule has 0 aromatic heterocycles. The third-order valence-electron chi connectivity index (χ3n) is 3.97. The molecule has 20 heavy (non-hydrogen) atoms. The average molecular weight is 266 g/mol. The van der Waals surface area contributed by atoms with Gasteiger partial charge in [0.05, 0.1) is 0 Å². The van der Waals surface area contributed by atoms with Crippen LogP contribution in [0.2, 0.25) is 0 Å². The van der Waals surface area contributed by atoms with E-state index in [2.05, 4.69) is 12.1 Å². The first kappa shape index (κ1) is 12.8. The van der Waals surface area contributed by atoms with Crippen LogP contribution in [0.4, 0.5) is 4.39 Å². The van der Waals surface area contributed by atoms with E-state index in [0.29, 0.717) is 6.42 Å². The first-order valence-electron chi connectivity index (χ1n) is 6.74. The first-order valence-corrected chi connectivity index (χ1v) is 6.74. The Morgan fingerprint density at radius 1 is 0.900 bits per heavy atom. The first-order chi connectivity index (χ1) is 9.71. The molecule has 0 saturated heterocycles. The van der Waals surface area contributed by atoms with Crippen molar-refractivity contribution in [3.8, 4) is 0 Å². The second kappa shape index (κ2) is 5.04. The molecule has 0 bridgehead atoms. The molecule has 0 fully saturated rings. The summed E-state index contributed by atoms with van der Waals surface area (Å²) < 4.78 is 13.2. The topological polar surface area (TPSA) is 17.1 Å². The Labute approximate surface area is 117 Å². The predicted molar refractivity (Wildman–Crippen MR) is 77.0 cm³/mol. The molecule has 2 aromatic carbocycles. The Bertz CT molecular complexity index is 643. The van der Waals surface area contributed by atoms with Gasteiger partial charge in [-0.15, -0.1) is 0 Å². The van der Waals surface area contributed by atoms with Crippen molar-refractivity contribution < 1.29 is 9.18 Å². The Balaban J connectivity index is 2.16. The van der Waals surface area contributed by atoms with E-state index in [1.54, 1.807) is 6.08 Å². The van der Waals surface area contributed by atoms with Crippen molar-refractivity contribution in [2.75, 3.05) is 0 Å². The monoisotopic (exact) mass is 266 g/mol. The zero-order valence-electron chi connectivity index (χ0n) is 11.1. The van der Waals surface area contributed by atoms with Gasteiger partial charge in [0.1, 0.15) is 5.82 Å². The number of carbonyl (C=O) groups excluding carboxylic acids is 1. The molecule has 1 atom stereocenters. The molecular formula is C18H15FO. The maximum absolute atomic E-state index is 13.2. The van der Waals surface area contributed by atoms with Crippen LogP contribution in [0.1, 0.15) is 24.0 Å². The quantitative estimate of drug-likeness (QED) is 0.802. The maximum atomic E-state index is 13.2. The number of rotatable bonds is 2. The summed E-state index contributed by atoms with van der Waals surface area (Å²) in [5.74, 6) is -0.0912. The molecule has 0 radical (unpaired) electrons. The van der Waals surface area contributed by atoms with Crippen molar-refractivity contribution in [3.05, 3.63) is 83.7 Å². The van der Waals surface area contributed by atoms with Gasteiger partial charge in [-0.2, -0.15) is 0 Å². The highest BCUT2D eigenvalue weighted by Crippen LogP contribution is 2.40. The van der Waals surface area contributed by atoms with Gasteiger partial charge in [0.2, 0.25) is 0 Å². The normalized spacial score (nSPS) is 21.9. The van der Waals surface area contributed by atoms with E-state index >= 15 is 0 Å². The van der Waals surface area contributed by atoms with Crippen LogP contribution < -0.4 is 0 Å². The lowest BCUT2D eigenvalue weighted by Crippen LogP contribution is -2.29. The molecule has 0 heterocycles. The number of ketones is 1. The van der Waals surface area contributed by atoms with Crippen LogP contribution >= 0.6 is 0 Å². The molecule has 0 N–H and O–H groups in total. The van der Waals surface area contributed by atoms with E-state index in [-0.39, 0.29) is 17.0 Å². The second-order valence-electron chi connectivity index (χ2n) is 5.14. The lowest BCUT2D eigenvalue weighted by molar-refractivity contribution is -0.115. The van der Waals surface area contributed by atoms with E-state index < -0.39 is 0 Å². The summed E-state index contributed by atoms with van der Waals surface area (Å²) in [6, 6.07) is 16.6. The van der Waals surface area contributed by atoms with Crippen LogP contribution in [-0.4, -0.2) is 5.78 Å². The van der Waals surface area contributed by atoms with E-state index in [9.17, 15) is 9.18 Å². The fourth-order valence-electron chi connectivity index (χ4n) is 2.85. The standard InChI is InChI=1S/C18H15FO/c19-16-8-6-15(7-9-16)18(12-10-17(20)11-13-18)14-4-2-1-3-5-14/h1-10,12H,11,13H2. The van der Waals surface area contributed by atoms with Gasteiger partial charge in [0, 0.05) is 11.8 Å². The number of benzene rings is 2. The highest BCUT2D eigenvalue weighted by Gasteiger charge is 2.34. The molecule has 3 rings (SSSR count). The maximum Gasteiger partial charge on any atom is 0.155 e. The Morgan fingerprint density at radius 2 is 1.55 bits per heavy atom. The lowest BCUT2D eigenvalue weighted by Gasteiger charge is -2.34. The highest BCUT2D eigenvalue weighted by molar-refractivity contribution is 5.91. The fraction of sp³-hybridized carbons (Fsp3) is 0.167. The minimum atomic E-state index is -0.330. The molecular weight excluding hydrogens is 251 g/mol. The number of hydrogen-bond acceptors (Lipinski definition) is 1. The van der Waals surface area contributed by atoms with Gasteiger partial charge in [-0.05, 0) is 35.8 Å². The minimum Gasteiger partial charge on any atom is -0.295 e. The van der Waals surface area contributed by atoms with Crippen molar-refractivity contribution in [1.29, 1.82) is 0 Å². The summed E-state index contributed by atoms with van der Waals surface area (Å²) in [7, 11) is 0. The van der Waals surface area contributed by atoms with E-state index in [1.165, 1.54) is 12.1 Å². The Hall–Kier alpha value is -2.22. The summed E-state index contributed by atoms with van der Waals surface area (Å²) in [5, 5.41) is 0. The predicted octanol–water partition coefficient (Wildman–Crippen LogP) is 4.03. The molecule has 1 aliphatic carbocycles. The van der Waals surface area contributed by atoms with Crippen molar-refractivity contribution in [2.24, 2.45) is 0 Å². The minimum absolute atomic E-state index is 0.152. The van der Waals surface area contributed by atoms with Gasteiger partial charge in [0.25, 0.3) is 0 Å². The second-order valence-corrected chi connectivity index (χ2v) is 5.14. The van der Waals surface area contributed by atoms with Crippen LogP contribution in [0.3, 0.4) is 0 Å². The van der Waals surface area contributed by atoms with E-state index in [1.807, 2.05) is 36.4 Å². The third-order valence-corrected chi connectivity index (χ3v) is 3.97. The summed E-state index contributed by atoms with van der Waals surface area (Å²) in [4.78, 5) is 11.5. The number of carbonyl (C=O) groups is 1. The number of hydrogen-bond donors (Lipinski definition) is 0. The summed E-state index contributed by atoms with van der Waals surface area (Å²) >= 11 is 0.